The quantitative estimate of drug-likeness (QED) is 0.545. The number of hydrogen-bond donors (Lipinski definition) is 1. The third kappa shape index (κ3) is 3.48. The van der Waals surface area contributed by atoms with Crippen LogP contribution in [0.15, 0.2) is 42.5 Å². The van der Waals surface area contributed by atoms with Crippen LogP contribution in [0.2, 0.25) is 0 Å². The number of benzene rings is 2. The molecule has 2 aromatic carbocycles. The minimum atomic E-state index is -0.736. The lowest BCUT2D eigenvalue weighted by molar-refractivity contribution is -0.384. The molecule has 0 fully saturated rings. The van der Waals surface area contributed by atoms with Crippen molar-refractivity contribution in [3.63, 3.8) is 0 Å². The third-order valence-corrected chi connectivity index (χ3v) is 4.83. The van der Waals surface area contributed by atoms with E-state index >= 15 is 0 Å². The molecule has 3 rings (SSSR count). The molecule has 0 bridgehead atoms. The fraction of sp³-hybridized carbons (Fsp3) is 0.118. The Bertz CT molecular complexity index is 987. The van der Waals surface area contributed by atoms with Gasteiger partial charge in [-0.15, -0.1) is 11.3 Å². The number of non-ortho nitro benzene ring substituents is 1. The van der Waals surface area contributed by atoms with Crippen molar-refractivity contribution >= 4 is 33.0 Å². The van der Waals surface area contributed by atoms with Gasteiger partial charge in [0.2, 0.25) is 0 Å². The van der Waals surface area contributed by atoms with Crippen LogP contribution in [0, 0.1) is 21.7 Å². The van der Waals surface area contributed by atoms with Gasteiger partial charge in [-0.3, -0.25) is 14.9 Å². The minimum Gasteiger partial charge on any atom is -0.345 e. The Labute approximate surface area is 145 Å². The zero-order valence-corrected chi connectivity index (χ0v) is 13.8. The van der Waals surface area contributed by atoms with E-state index in [9.17, 15) is 23.7 Å². The number of carbonyl (C=O) groups is 1. The summed E-state index contributed by atoms with van der Waals surface area (Å²) in [6.45, 7) is 1.59. The molecule has 0 aliphatic carbocycles. The van der Waals surface area contributed by atoms with Gasteiger partial charge in [0, 0.05) is 33.8 Å². The van der Waals surface area contributed by atoms with Crippen LogP contribution < -0.4 is 5.32 Å². The van der Waals surface area contributed by atoms with E-state index in [0.717, 1.165) is 16.8 Å². The van der Waals surface area contributed by atoms with E-state index in [-0.39, 0.29) is 11.3 Å². The second-order valence-electron chi connectivity index (χ2n) is 5.45. The first-order chi connectivity index (χ1) is 11.8. The Hall–Kier alpha value is -2.87. The molecule has 0 unspecified atom stereocenters. The van der Waals surface area contributed by atoms with Gasteiger partial charge in [0.05, 0.1) is 15.8 Å². The molecule has 0 aliphatic heterocycles. The van der Waals surface area contributed by atoms with Gasteiger partial charge in [0.15, 0.2) is 0 Å². The Morgan fingerprint density at radius 2 is 1.96 bits per heavy atom. The average molecular weight is 362 g/mol. The molecule has 0 saturated carbocycles. The van der Waals surface area contributed by atoms with Crippen LogP contribution >= 0.6 is 11.3 Å². The Kier molecular flexibility index (Phi) is 4.45. The normalized spacial score (nSPS) is 12.1. The highest BCUT2D eigenvalue weighted by atomic mass is 32.1. The number of rotatable bonds is 4. The molecule has 1 heterocycles. The lowest BCUT2D eigenvalue weighted by Gasteiger charge is -2.14. The van der Waals surface area contributed by atoms with Crippen molar-refractivity contribution in [2.75, 3.05) is 0 Å². The summed E-state index contributed by atoms with van der Waals surface area (Å²) < 4.78 is 27.5. The summed E-state index contributed by atoms with van der Waals surface area (Å²) >= 11 is 1.18. The number of amides is 1. The molecule has 1 amide bonds. The average Bonchev–Trinajstić information content (AvgIpc) is 2.97. The van der Waals surface area contributed by atoms with E-state index in [1.165, 1.54) is 29.5 Å². The van der Waals surface area contributed by atoms with Gasteiger partial charge >= 0.3 is 0 Å². The first-order valence-electron chi connectivity index (χ1n) is 7.29. The standard InChI is InChI=1S/C17H12F2N2O3S/c1-9(13-4-2-11(18)8-14(13)19)20-17(22)16-7-10-6-12(21(23)24)3-5-15(10)25-16/h2-9H,1H3,(H,20,22)/t9-/m0/s1. The number of nitrogens with one attached hydrogen (secondary N) is 1. The van der Waals surface area contributed by atoms with Crippen LogP contribution in [-0.4, -0.2) is 10.8 Å². The topological polar surface area (TPSA) is 72.2 Å². The van der Waals surface area contributed by atoms with Crippen LogP contribution in [0.5, 0.6) is 0 Å². The number of halogens is 2. The number of nitro benzene ring substituents is 1. The van der Waals surface area contributed by atoms with Crippen molar-refractivity contribution in [1.29, 1.82) is 0 Å². The largest absolute Gasteiger partial charge is 0.345 e. The van der Waals surface area contributed by atoms with Gasteiger partial charge in [-0.05, 0) is 25.1 Å². The van der Waals surface area contributed by atoms with Crippen molar-refractivity contribution in [2.24, 2.45) is 0 Å². The molecular formula is C17H12F2N2O3S. The van der Waals surface area contributed by atoms with Gasteiger partial charge in [0.1, 0.15) is 11.6 Å². The second-order valence-corrected chi connectivity index (χ2v) is 6.53. The molecular weight excluding hydrogens is 350 g/mol. The molecule has 128 valence electrons. The zero-order valence-electron chi connectivity index (χ0n) is 13.0. The molecule has 1 atom stereocenters. The van der Waals surface area contributed by atoms with E-state index in [2.05, 4.69) is 5.32 Å². The molecule has 0 radical (unpaired) electrons. The van der Waals surface area contributed by atoms with Crippen molar-refractivity contribution in [1.82, 2.24) is 5.32 Å². The summed E-state index contributed by atoms with van der Waals surface area (Å²) in [5.41, 5.74) is 0.116. The SMILES string of the molecule is C[C@H](NC(=O)c1cc2cc([N+](=O)[O-])ccc2s1)c1ccc(F)cc1F. The number of thiophene rings is 1. The maximum atomic E-state index is 13.8. The summed E-state index contributed by atoms with van der Waals surface area (Å²) in [4.78, 5) is 23.0. The smallest absolute Gasteiger partial charge is 0.270 e. The molecule has 0 spiro atoms. The van der Waals surface area contributed by atoms with E-state index in [4.69, 9.17) is 0 Å². The lowest BCUT2D eigenvalue weighted by Crippen LogP contribution is -2.26. The van der Waals surface area contributed by atoms with E-state index < -0.39 is 28.5 Å². The zero-order chi connectivity index (χ0) is 18.1. The van der Waals surface area contributed by atoms with Crippen LogP contribution in [0.4, 0.5) is 14.5 Å². The Morgan fingerprint density at radius 3 is 2.64 bits per heavy atom. The monoisotopic (exact) mass is 362 g/mol. The van der Waals surface area contributed by atoms with Crippen molar-refractivity contribution in [2.45, 2.75) is 13.0 Å². The number of carbonyl (C=O) groups excluding carboxylic acids is 1. The maximum Gasteiger partial charge on any atom is 0.270 e. The van der Waals surface area contributed by atoms with Crippen LogP contribution in [-0.2, 0) is 0 Å². The molecule has 3 aromatic rings. The Balaban J connectivity index is 1.83. The van der Waals surface area contributed by atoms with Crippen molar-refractivity contribution in [3.8, 4) is 0 Å². The van der Waals surface area contributed by atoms with Crippen LogP contribution in [0.25, 0.3) is 10.1 Å². The van der Waals surface area contributed by atoms with E-state index in [1.807, 2.05) is 0 Å². The van der Waals surface area contributed by atoms with E-state index in [0.29, 0.717) is 10.3 Å². The maximum absolute atomic E-state index is 13.8. The predicted octanol–water partition coefficient (Wildman–Crippen LogP) is 4.58. The Morgan fingerprint density at radius 1 is 1.20 bits per heavy atom. The highest BCUT2D eigenvalue weighted by Crippen LogP contribution is 2.29. The number of nitro groups is 1. The summed E-state index contributed by atoms with van der Waals surface area (Å²) in [6, 6.07) is 8.41. The lowest BCUT2D eigenvalue weighted by atomic mass is 10.1. The van der Waals surface area contributed by atoms with E-state index in [1.54, 1.807) is 19.1 Å². The first-order valence-corrected chi connectivity index (χ1v) is 8.10. The number of fused-ring (bicyclic) bond motifs is 1. The molecule has 25 heavy (non-hydrogen) atoms. The molecule has 8 heteroatoms. The van der Waals surface area contributed by atoms with Crippen molar-refractivity contribution < 1.29 is 18.5 Å². The summed E-state index contributed by atoms with van der Waals surface area (Å²) in [6.07, 6.45) is 0. The molecule has 1 aromatic heterocycles. The van der Waals surface area contributed by atoms with Gasteiger partial charge < -0.3 is 5.32 Å². The fourth-order valence-electron chi connectivity index (χ4n) is 2.45. The number of nitrogens with zero attached hydrogens (tertiary/aromatic N) is 1. The third-order valence-electron chi connectivity index (χ3n) is 3.71. The van der Waals surface area contributed by atoms with Crippen LogP contribution in [0.3, 0.4) is 0 Å². The molecule has 5 nitrogen and oxygen atoms in total. The van der Waals surface area contributed by atoms with Gasteiger partial charge in [-0.2, -0.15) is 0 Å². The number of hydrogen-bond acceptors (Lipinski definition) is 4. The molecule has 0 saturated heterocycles. The molecule has 1 N–H and O–H groups in total. The highest BCUT2D eigenvalue weighted by Gasteiger charge is 2.18. The van der Waals surface area contributed by atoms with Gasteiger partial charge in [0.25, 0.3) is 11.6 Å². The predicted molar refractivity (Wildman–Crippen MR) is 90.7 cm³/mol. The van der Waals surface area contributed by atoms with Gasteiger partial charge in [-0.25, -0.2) is 8.78 Å². The van der Waals surface area contributed by atoms with Gasteiger partial charge in [-0.1, -0.05) is 6.07 Å². The van der Waals surface area contributed by atoms with Crippen LogP contribution in [0.1, 0.15) is 28.2 Å². The fourth-order valence-corrected chi connectivity index (χ4v) is 3.40. The van der Waals surface area contributed by atoms with Crippen molar-refractivity contribution in [3.05, 3.63) is 74.7 Å². The second kappa shape index (κ2) is 6.56. The molecule has 0 aliphatic rings. The minimum absolute atomic E-state index is 0.0565. The summed E-state index contributed by atoms with van der Waals surface area (Å²) in [5, 5.41) is 14.0. The summed E-state index contributed by atoms with van der Waals surface area (Å²) in [7, 11) is 0. The summed E-state index contributed by atoms with van der Waals surface area (Å²) in [5.74, 6) is -1.86. The first kappa shape index (κ1) is 17.0. The highest BCUT2D eigenvalue weighted by molar-refractivity contribution is 7.20.